The zero-order valence-corrected chi connectivity index (χ0v) is 10.3. The molecule has 4 heteroatoms. The average Bonchev–Trinajstić information content (AvgIpc) is 2.65. The Labute approximate surface area is 96.6 Å². The van der Waals surface area contributed by atoms with Gasteiger partial charge in [-0.05, 0) is 26.3 Å². The van der Waals surface area contributed by atoms with Crippen LogP contribution in [0.2, 0.25) is 0 Å². The molecule has 0 bridgehead atoms. The van der Waals surface area contributed by atoms with E-state index in [2.05, 4.69) is 25.2 Å². The molecule has 0 aliphatic carbocycles. The van der Waals surface area contributed by atoms with Gasteiger partial charge < -0.3 is 10.1 Å². The number of ether oxygens (including phenoxy) is 1. The molecular weight excluding hydrogens is 208 g/mol. The molecule has 0 spiro atoms. The van der Waals surface area contributed by atoms with Crippen molar-refractivity contribution in [2.75, 3.05) is 18.9 Å². The Hall–Kier alpha value is -0.240. The number of thioether (sulfide) groups is 1. The van der Waals surface area contributed by atoms with Gasteiger partial charge in [-0.1, -0.05) is 6.92 Å². The van der Waals surface area contributed by atoms with E-state index in [1.54, 1.807) is 0 Å². The van der Waals surface area contributed by atoms with Crippen LogP contribution in [0.25, 0.3) is 0 Å². The highest BCUT2D eigenvalue weighted by Gasteiger charge is 2.25. The van der Waals surface area contributed by atoms with E-state index < -0.39 is 0 Å². The Balaban J connectivity index is 2.19. The molecule has 0 amide bonds. The molecule has 1 aliphatic heterocycles. The summed E-state index contributed by atoms with van der Waals surface area (Å²) in [4.78, 5) is 0. The Morgan fingerprint density at radius 1 is 1.67 bits per heavy atom. The minimum Gasteiger partial charge on any atom is -0.377 e. The highest BCUT2D eigenvalue weighted by Crippen LogP contribution is 2.26. The van der Waals surface area contributed by atoms with Crippen molar-refractivity contribution in [3.8, 4) is 6.07 Å². The number of hydrogen-bond donors (Lipinski definition) is 1. The minimum absolute atomic E-state index is 0.0113. The molecule has 0 aromatic carbocycles. The van der Waals surface area contributed by atoms with E-state index in [-0.39, 0.29) is 6.04 Å². The predicted molar refractivity (Wildman–Crippen MR) is 64.0 cm³/mol. The molecular formula is C11H20N2OS. The first-order chi connectivity index (χ1) is 7.27. The molecule has 0 saturated carbocycles. The molecule has 1 heterocycles. The van der Waals surface area contributed by atoms with Gasteiger partial charge >= 0.3 is 0 Å². The highest BCUT2D eigenvalue weighted by molar-refractivity contribution is 8.00. The molecule has 1 rings (SSSR count). The van der Waals surface area contributed by atoms with E-state index >= 15 is 0 Å². The van der Waals surface area contributed by atoms with Crippen molar-refractivity contribution >= 4 is 11.8 Å². The summed E-state index contributed by atoms with van der Waals surface area (Å²) in [6.45, 7) is 6.03. The van der Waals surface area contributed by atoms with E-state index in [9.17, 15) is 0 Å². The molecule has 0 radical (unpaired) electrons. The lowest BCUT2D eigenvalue weighted by Crippen LogP contribution is -2.31. The molecule has 1 saturated heterocycles. The number of hydrogen-bond acceptors (Lipinski definition) is 4. The molecule has 86 valence electrons. The number of nitriles is 1. The summed E-state index contributed by atoms with van der Waals surface area (Å²) in [7, 11) is 0. The molecule has 0 aromatic rings. The van der Waals surface area contributed by atoms with Crippen LogP contribution in [-0.4, -0.2) is 36.3 Å². The van der Waals surface area contributed by atoms with Crippen molar-refractivity contribution < 1.29 is 4.74 Å². The van der Waals surface area contributed by atoms with Crippen LogP contribution in [0.4, 0.5) is 0 Å². The van der Waals surface area contributed by atoms with E-state index in [1.165, 1.54) is 0 Å². The molecule has 1 aliphatic rings. The summed E-state index contributed by atoms with van der Waals surface area (Å²) >= 11 is 1.87. The first-order valence-corrected chi connectivity index (χ1v) is 6.69. The zero-order valence-electron chi connectivity index (χ0n) is 9.53. The van der Waals surface area contributed by atoms with Crippen LogP contribution in [0.5, 0.6) is 0 Å². The molecule has 1 N–H and O–H groups in total. The summed E-state index contributed by atoms with van der Waals surface area (Å²) in [5.74, 6) is 0.870. The van der Waals surface area contributed by atoms with Gasteiger partial charge in [0.1, 0.15) is 6.04 Å². The van der Waals surface area contributed by atoms with Crippen LogP contribution in [0.1, 0.15) is 26.7 Å². The molecule has 3 nitrogen and oxygen atoms in total. The Bertz CT molecular complexity index is 217. The number of nitrogens with zero attached hydrogens (tertiary/aromatic N) is 1. The summed E-state index contributed by atoms with van der Waals surface area (Å²) in [5.41, 5.74) is 0. The fourth-order valence-corrected chi connectivity index (χ4v) is 2.86. The normalized spacial score (nSPS) is 27.5. The van der Waals surface area contributed by atoms with Crippen LogP contribution < -0.4 is 5.32 Å². The van der Waals surface area contributed by atoms with Crippen LogP contribution >= 0.6 is 11.8 Å². The van der Waals surface area contributed by atoms with Gasteiger partial charge in [-0.15, -0.1) is 0 Å². The van der Waals surface area contributed by atoms with Gasteiger partial charge in [-0.3, -0.25) is 0 Å². The van der Waals surface area contributed by atoms with Gasteiger partial charge in [0.15, 0.2) is 0 Å². The maximum atomic E-state index is 8.94. The van der Waals surface area contributed by atoms with Crippen molar-refractivity contribution in [1.82, 2.24) is 5.32 Å². The minimum atomic E-state index is -0.0113. The molecule has 15 heavy (non-hydrogen) atoms. The van der Waals surface area contributed by atoms with Crippen LogP contribution in [0, 0.1) is 11.3 Å². The zero-order chi connectivity index (χ0) is 11.1. The van der Waals surface area contributed by atoms with Gasteiger partial charge in [0.05, 0.1) is 12.2 Å². The van der Waals surface area contributed by atoms with Crippen LogP contribution in [0.15, 0.2) is 0 Å². The second-order valence-corrected chi connectivity index (χ2v) is 5.14. The van der Waals surface area contributed by atoms with Crippen LogP contribution in [0.3, 0.4) is 0 Å². The van der Waals surface area contributed by atoms with Gasteiger partial charge in [0, 0.05) is 17.6 Å². The second-order valence-electron chi connectivity index (χ2n) is 3.87. The summed E-state index contributed by atoms with van der Waals surface area (Å²) in [6.07, 6.45) is 2.55. The first kappa shape index (κ1) is 12.8. The van der Waals surface area contributed by atoms with E-state index in [0.717, 1.165) is 31.7 Å². The lowest BCUT2D eigenvalue weighted by Gasteiger charge is -2.16. The summed E-state index contributed by atoms with van der Waals surface area (Å²) < 4.78 is 5.49. The largest absolute Gasteiger partial charge is 0.377 e. The maximum absolute atomic E-state index is 8.94. The van der Waals surface area contributed by atoms with Gasteiger partial charge in [0.2, 0.25) is 0 Å². The van der Waals surface area contributed by atoms with Crippen molar-refractivity contribution in [3.05, 3.63) is 0 Å². The predicted octanol–water partition coefficient (Wildman–Crippen LogP) is 1.79. The summed E-state index contributed by atoms with van der Waals surface area (Å²) in [5, 5.41) is 12.7. The van der Waals surface area contributed by atoms with Crippen molar-refractivity contribution in [2.45, 2.75) is 44.1 Å². The van der Waals surface area contributed by atoms with Crippen molar-refractivity contribution in [2.24, 2.45) is 0 Å². The smallest absolute Gasteiger partial charge is 0.104 e. The van der Waals surface area contributed by atoms with Gasteiger partial charge in [-0.2, -0.15) is 17.0 Å². The lowest BCUT2D eigenvalue weighted by atomic mass is 10.3. The first-order valence-electron chi connectivity index (χ1n) is 5.64. The fraction of sp³-hybridized carbons (Fsp3) is 0.909. The van der Waals surface area contributed by atoms with Gasteiger partial charge in [0.25, 0.3) is 0 Å². The standard InChI is InChI=1S/C11H20N2OS/c1-3-5-13-10(7-12)8-15-11-4-6-14-9(11)2/h9-11,13H,3-6,8H2,1-2H3. The maximum Gasteiger partial charge on any atom is 0.104 e. The third-order valence-electron chi connectivity index (χ3n) is 2.58. The molecule has 0 aromatic heterocycles. The van der Waals surface area contributed by atoms with Crippen LogP contribution in [-0.2, 0) is 4.74 Å². The highest BCUT2D eigenvalue weighted by atomic mass is 32.2. The monoisotopic (exact) mass is 228 g/mol. The Morgan fingerprint density at radius 3 is 3.00 bits per heavy atom. The van der Waals surface area contributed by atoms with Crippen molar-refractivity contribution in [1.29, 1.82) is 5.26 Å². The number of rotatable bonds is 6. The lowest BCUT2D eigenvalue weighted by molar-refractivity contribution is 0.127. The fourth-order valence-electron chi connectivity index (χ4n) is 1.61. The Kier molecular flexibility index (Phi) is 6.07. The third-order valence-corrected chi connectivity index (χ3v) is 4.15. The quantitative estimate of drug-likeness (QED) is 0.753. The second kappa shape index (κ2) is 7.10. The Morgan fingerprint density at radius 2 is 2.47 bits per heavy atom. The molecule has 1 fully saturated rings. The van der Waals surface area contributed by atoms with Gasteiger partial charge in [-0.25, -0.2) is 0 Å². The SMILES string of the molecule is CCCNC(C#N)CSC1CCOC1C. The van der Waals surface area contributed by atoms with E-state index in [4.69, 9.17) is 10.00 Å². The van der Waals surface area contributed by atoms with Crippen molar-refractivity contribution in [3.63, 3.8) is 0 Å². The molecule has 3 atom stereocenters. The van der Waals surface area contributed by atoms with E-state index in [1.807, 2.05) is 11.8 Å². The number of nitrogens with one attached hydrogen (secondary N) is 1. The summed E-state index contributed by atoms with van der Waals surface area (Å²) in [6, 6.07) is 2.29. The third kappa shape index (κ3) is 4.42. The topological polar surface area (TPSA) is 45.0 Å². The molecule has 3 unspecified atom stereocenters. The van der Waals surface area contributed by atoms with E-state index in [0.29, 0.717) is 11.4 Å². The average molecular weight is 228 g/mol.